The highest BCUT2D eigenvalue weighted by molar-refractivity contribution is 5.93. The number of carbonyl (C=O) groups excluding carboxylic acids is 3. The Labute approximate surface area is 217 Å². The molecule has 0 heterocycles. The lowest BCUT2D eigenvalue weighted by Crippen LogP contribution is -2.60. The molecule has 0 fully saturated rings. The molecular formula is C28H47N3O5. The molecule has 0 spiro atoms. The maximum Gasteiger partial charge on any atom is 0.408 e. The van der Waals surface area contributed by atoms with E-state index in [2.05, 4.69) is 10.6 Å². The number of amides is 3. The van der Waals surface area contributed by atoms with Crippen molar-refractivity contribution in [1.82, 2.24) is 15.5 Å². The van der Waals surface area contributed by atoms with Crippen LogP contribution in [0.2, 0.25) is 0 Å². The zero-order valence-electron chi connectivity index (χ0n) is 23.8. The summed E-state index contributed by atoms with van der Waals surface area (Å²) in [6.07, 6.45) is 1.44. The Morgan fingerprint density at radius 2 is 1.64 bits per heavy atom. The number of hydrogen-bond acceptors (Lipinski definition) is 5. The number of nitrogens with one attached hydrogen (secondary N) is 2. The van der Waals surface area contributed by atoms with E-state index >= 15 is 0 Å². The minimum absolute atomic E-state index is 0.0771. The van der Waals surface area contributed by atoms with E-state index in [-0.39, 0.29) is 11.9 Å². The second-order valence-corrected chi connectivity index (χ2v) is 11.2. The van der Waals surface area contributed by atoms with Crippen molar-refractivity contribution in [2.45, 2.75) is 118 Å². The number of rotatable bonds is 11. The van der Waals surface area contributed by atoms with Gasteiger partial charge in [-0.1, -0.05) is 38.5 Å². The molecule has 0 aromatic heterocycles. The second kappa shape index (κ2) is 13.1. The number of aliphatic hydroxyl groups is 1. The summed E-state index contributed by atoms with van der Waals surface area (Å²) in [6.45, 7) is 18.1. The SMILES string of the molecule is CCCC(C)NC(=O)C(c1ccc(C)c(C)c1)N(C(=O)C(CO)NC(=O)OC(C)(C)C)C(C)(C)CC. The number of alkyl carbamates (subject to hydrolysis) is 1. The van der Waals surface area contributed by atoms with Gasteiger partial charge in [0.05, 0.1) is 6.61 Å². The molecule has 204 valence electrons. The van der Waals surface area contributed by atoms with Crippen molar-refractivity contribution in [2.24, 2.45) is 0 Å². The number of hydrogen-bond donors (Lipinski definition) is 3. The van der Waals surface area contributed by atoms with Gasteiger partial charge in [-0.2, -0.15) is 0 Å². The average molecular weight is 506 g/mol. The summed E-state index contributed by atoms with van der Waals surface area (Å²) >= 11 is 0. The molecule has 3 N–H and O–H groups in total. The Balaban J connectivity index is 3.60. The highest BCUT2D eigenvalue weighted by atomic mass is 16.6. The fraction of sp³-hybridized carbons (Fsp3) is 0.679. The average Bonchev–Trinajstić information content (AvgIpc) is 2.75. The van der Waals surface area contributed by atoms with Gasteiger partial charge in [-0.05, 0) is 84.9 Å². The van der Waals surface area contributed by atoms with Crippen molar-refractivity contribution in [3.63, 3.8) is 0 Å². The van der Waals surface area contributed by atoms with Gasteiger partial charge in [0.25, 0.3) is 0 Å². The van der Waals surface area contributed by atoms with Crippen molar-refractivity contribution in [2.75, 3.05) is 6.61 Å². The molecule has 0 saturated heterocycles. The van der Waals surface area contributed by atoms with Gasteiger partial charge in [0.2, 0.25) is 11.8 Å². The van der Waals surface area contributed by atoms with Crippen LogP contribution in [0.25, 0.3) is 0 Å². The molecule has 8 nitrogen and oxygen atoms in total. The van der Waals surface area contributed by atoms with Gasteiger partial charge < -0.3 is 25.4 Å². The van der Waals surface area contributed by atoms with Crippen LogP contribution in [-0.4, -0.2) is 57.7 Å². The fourth-order valence-corrected chi connectivity index (χ4v) is 3.93. The Bertz CT molecular complexity index is 907. The van der Waals surface area contributed by atoms with Gasteiger partial charge in [0, 0.05) is 11.6 Å². The van der Waals surface area contributed by atoms with Crippen LogP contribution >= 0.6 is 0 Å². The van der Waals surface area contributed by atoms with Crippen LogP contribution in [0.3, 0.4) is 0 Å². The first-order chi connectivity index (χ1) is 16.6. The Kier molecular flexibility index (Phi) is 11.4. The van der Waals surface area contributed by atoms with Crippen LogP contribution in [-0.2, 0) is 14.3 Å². The summed E-state index contributed by atoms with van der Waals surface area (Å²) in [4.78, 5) is 41.7. The molecule has 3 atom stereocenters. The van der Waals surface area contributed by atoms with Crippen molar-refractivity contribution < 1.29 is 24.2 Å². The van der Waals surface area contributed by atoms with E-state index in [9.17, 15) is 19.5 Å². The summed E-state index contributed by atoms with van der Waals surface area (Å²) in [5.74, 6) is -0.861. The van der Waals surface area contributed by atoms with Gasteiger partial charge in [-0.25, -0.2) is 4.79 Å². The van der Waals surface area contributed by atoms with Gasteiger partial charge in [0.1, 0.15) is 17.7 Å². The van der Waals surface area contributed by atoms with Gasteiger partial charge in [-0.3, -0.25) is 9.59 Å². The number of carbonyl (C=O) groups is 3. The van der Waals surface area contributed by atoms with E-state index in [4.69, 9.17) is 4.74 Å². The van der Waals surface area contributed by atoms with Gasteiger partial charge in [-0.15, -0.1) is 0 Å². The van der Waals surface area contributed by atoms with Crippen molar-refractivity contribution in [3.8, 4) is 0 Å². The van der Waals surface area contributed by atoms with E-state index in [1.807, 2.05) is 66.7 Å². The van der Waals surface area contributed by atoms with Crippen LogP contribution < -0.4 is 10.6 Å². The minimum Gasteiger partial charge on any atom is -0.444 e. The lowest BCUT2D eigenvalue weighted by atomic mass is 9.91. The van der Waals surface area contributed by atoms with E-state index in [0.29, 0.717) is 12.0 Å². The topological polar surface area (TPSA) is 108 Å². The first-order valence-electron chi connectivity index (χ1n) is 12.9. The van der Waals surface area contributed by atoms with Crippen LogP contribution in [0.5, 0.6) is 0 Å². The third kappa shape index (κ3) is 8.80. The summed E-state index contributed by atoms with van der Waals surface area (Å²) < 4.78 is 5.30. The molecule has 3 amide bonds. The zero-order chi connectivity index (χ0) is 27.8. The highest BCUT2D eigenvalue weighted by Gasteiger charge is 2.43. The molecule has 0 aliphatic rings. The number of benzene rings is 1. The van der Waals surface area contributed by atoms with Crippen LogP contribution in [0.15, 0.2) is 18.2 Å². The molecule has 36 heavy (non-hydrogen) atoms. The smallest absolute Gasteiger partial charge is 0.408 e. The van der Waals surface area contributed by atoms with E-state index in [1.165, 1.54) is 4.90 Å². The van der Waals surface area contributed by atoms with Gasteiger partial charge in [0.15, 0.2) is 0 Å². The van der Waals surface area contributed by atoms with E-state index in [0.717, 1.165) is 24.0 Å². The van der Waals surface area contributed by atoms with Gasteiger partial charge >= 0.3 is 6.09 Å². The summed E-state index contributed by atoms with van der Waals surface area (Å²) in [7, 11) is 0. The van der Waals surface area contributed by atoms with Crippen LogP contribution in [0.4, 0.5) is 4.79 Å². The number of aryl methyl sites for hydroxylation is 2. The van der Waals surface area contributed by atoms with Crippen molar-refractivity contribution in [3.05, 3.63) is 34.9 Å². The lowest BCUT2D eigenvalue weighted by Gasteiger charge is -2.44. The molecule has 1 rings (SSSR count). The standard InChI is InChI=1S/C28H47N3O5/c1-11-13-20(5)29-24(33)23(21-15-14-18(3)19(4)16-21)31(28(9,10)12-2)25(34)22(17-32)30-26(35)36-27(6,7)8/h14-16,20,22-23,32H,11-13,17H2,1-10H3,(H,29,33)(H,30,35). The van der Waals surface area contributed by atoms with Crippen molar-refractivity contribution >= 4 is 17.9 Å². The third-order valence-corrected chi connectivity index (χ3v) is 6.39. The normalized spacial score (nSPS) is 14.4. The summed E-state index contributed by atoms with van der Waals surface area (Å²) in [6, 6.07) is 3.40. The molecule has 1 aromatic carbocycles. The third-order valence-electron chi connectivity index (χ3n) is 6.39. The second-order valence-electron chi connectivity index (χ2n) is 11.2. The maximum atomic E-state index is 14.0. The highest BCUT2D eigenvalue weighted by Crippen LogP contribution is 2.33. The molecule has 1 aromatic rings. The Morgan fingerprint density at radius 1 is 1.03 bits per heavy atom. The van der Waals surface area contributed by atoms with E-state index in [1.54, 1.807) is 20.8 Å². The predicted molar refractivity (Wildman–Crippen MR) is 143 cm³/mol. The van der Waals surface area contributed by atoms with Crippen LogP contribution in [0.1, 0.15) is 97.4 Å². The molecule has 8 heteroatoms. The lowest BCUT2D eigenvalue weighted by molar-refractivity contribution is -0.150. The molecule has 0 radical (unpaired) electrons. The molecule has 0 bridgehead atoms. The molecule has 0 aliphatic carbocycles. The number of nitrogens with zero attached hydrogens (tertiary/aromatic N) is 1. The first kappa shape index (κ1) is 31.4. The zero-order valence-corrected chi connectivity index (χ0v) is 23.8. The molecule has 0 aliphatic heterocycles. The number of aliphatic hydroxyl groups excluding tert-OH is 1. The quantitative estimate of drug-likeness (QED) is 0.409. The van der Waals surface area contributed by atoms with Crippen LogP contribution in [0, 0.1) is 13.8 Å². The largest absolute Gasteiger partial charge is 0.444 e. The first-order valence-corrected chi connectivity index (χ1v) is 12.9. The molecule has 0 saturated carbocycles. The Hall–Kier alpha value is -2.61. The fourth-order valence-electron chi connectivity index (χ4n) is 3.93. The van der Waals surface area contributed by atoms with E-state index < -0.39 is 41.8 Å². The monoisotopic (exact) mass is 505 g/mol. The minimum atomic E-state index is -1.28. The molecule has 3 unspecified atom stereocenters. The van der Waals surface area contributed by atoms with Crippen molar-refractivity contribution in [1.29, 1.82) is 0 Å². The molecular weight excluding hydrogens is 458 g/mol. The predicted octanol–water partition coefficient (Wildman–Crippen LogP) is 4.55. The summed E-state index contributed by atoms with van der Waals surface area (Å²) in [5.41, 5.74) is 1.20. The summed E-state index contributed by atoms with van der Waals surface area (Å²) in [5, 5.41) is 15.7. The number of ether oxygens (including phenoxy) is 1. The maximum absolute atomic E-state index is 14.0. The Morgan fingerprint density at radius 3 is 2.11 bits per heavy atom.